The second-order valence-electron chi connectivity index (χ2n) is 4.08. The van der Waals surface area contributed by atoms with E-state index in [1.54, 1.807) is 24.3 Å². The van der Waals surface area contributed by atoms with Gasteiger partial charge in [-0.1, -0.05) is 24.3 Å². The topological polar surface area (TPSA) is 64.6 Å². The molecule has 0 aromatic heterocycles. The molecule has 1 N–H and O–H groups in total. The highest BCUT2D eigenvalue weighted by Crippen LogP contribution is 2.19. The number of ketones is 2. The highest BCUT2D eigenvalue weighted by atomic mass is 16.7. The van der Waals surface area contributed by atoms with Crippen LogP contribution < -0.4 is 5.32 Å². The van der Waals surface area contributed by atoms with Gasteiger partial charge in [0.1, 0.15) is 0 Å². The first-order valence-electron chi connectivity index (χ1n) is 5.86. The molecule has 0 saturated carbocycles. The van der Waals surface area contributed by atoms with E-state index in [1.807, 2.05) is 0 Å². The Kier molecular flexibility index (Phi) is 4.09. The van der Waals surface area contributed by atoms with Crippen LogP contribution in [0.4, 0.5) is 0 Å². The van der Waals surface area contributed by atoms with Crippen LogP contribution in [0, 0.1) is 0 Å². The summed E-state index contributed by atoms with van der Waals surface area (Å²) in [6.07, 6.45) is 0.841. The van der Waals surface area contributed by atoms with E-state index in [9.17, 15) is 9.59 Å². The third-order valence-electron chi connectivity index (χ3n) is 2.94. The van der Waals surface area contributed by atoms with E-state index in [1.165, 1.54) is 20.3 Å². The molecule has 1 aromatic rings. The molecule has 0 bridgehead atoms. The first-order valence-corrected chi connectivity index (χ1v) is 5.86. The molecule has 2 rings (SSSR count). The highest BCUT2D eigenvalue weighted by Gasteiger charge is 2.25. The Bertz CT molecular complexity index is 532. The number of benzene rings is 1. The first kappa shape index (κ1) is 13.5. The SMILES string of the molecule is COC(CNC1=CC(=O)c2ccccc2C1=O)OC. The van der Waals surface area contributed by atoms with Crippen molar-refractivity contribution in [1.29, 1.82) is 0 Å². The lowest BCUT2D eigenvalue weighted by Crippen LogP contribution is -2.34. The number of carbonyl (C=O) groups excluding carboxylic acids is 2. The van der Waals surface area contributed by atoms with Crippen LogP contribution in [0.3, 0.4) is 0 Å². The zero-order chi connectivity index (χ0) is 13.8. The van der Waals surface area contributed by atoms with E-state index in [2.05, 4.69) is 5.32 Å². The largest absolute Gasteiger partial charge is 0.377 e. The highest BCUT2D eigenvalue weighted by molar-refractivity contribution is 6.24. The Labute approximate surface area is 111 Å². The third-order valence-corrected chi connectivity index (χ3v) is 2.94. The Balaban J connectivity index is 2.16. The lowest BCUT2D eigenvalue weighted by molar-refractivity contribution is -0.0974. The number of Topliss-reactive ketones (excluding diaryl/α,β-unsaturated/α-hetero) is 1. The van der Waals surface area contributed by atoms with Gasteiger partial charge in [-0.2, -0.15) is 0 Å². The van der Waals surface area contributed by atoms with Crippen molar-refractivity contribution in [3.8, 4) is 0 Å². The molecule has 0 amide bonds. The molecule has 1 aliphatic carbocycles. The zero-order valence-corrected chi connectivity index (χ0v) is 10.8. The summed E-state index contributed by atoms with van der Waals surface area (Å²) in [6, 6.07) is 6.77. The van der Waals surface area contributed by atoms with Gasteiger partial charge in [-0.3, -0.25) is 9.59 Å². The molecule has 0 atom stereocenters. The number of ether oxygens (including phenoxy) is 2. The van der Waals surface area contributed by atoms with Crippen molar-refractivity contribution >= 4 is 11.6 Å². The number of nitrogens with one attached hydrogen (secondary N) is 1. The van der Waals surface area contributed by atoms with Crippen LogP contribution in [0.15, 0.2) is 36.0 Å². The zero-order valence-electron chi connectivity index (χ0n) is 10.8. The molecule has 0 heterocycles. The van der Waals surface area contributed by atoms with Crippen molar-refractivity contribution in [3.05, 3.63) is 47.2 Å². The maximum atomic E-state index is 12.2. The molecule has 0 aliphatic heterocycles. The molecular formula is C14H15NO4. The summed E-state index contributed by atoms with van der Waals surface area (Å²) in [4.78, 5) is 24.1. The molecule has 0 saturated heterocycles. The molecule has 100 valence electrons. The number of hydrogen-bond donors (Lipinski definition) is 1. The fourth-order valence-electron chi connectivity index (χ4n) is 1.90. The predicted molar refractivity (Wildman–Crippen MR) is 69.0 cm³/mol. The molecule has 19 heavy (non-hydrogen) atoms. The van der Waals surface area contributed by atoms with Crippen LogP contribution in [-0.2, 0) is 9.47 Å². The third kappa shape index (κ3) is 2.72. The summed E-state index contributed by atoms with van der Waals surface area (Å²) in [7, 11) is 3.01. The normalized spacial score (nSPS) is 14.4. The number of allylic oxidation sites excluding steroid dienone is 2. The monoisotopic (exact) mass is 261 g/mol. The van der Waals surface area contributed by atoms with Crippen molar-refractivity contribution in [2.45, 2.75) is 6.29 Å². The average molecular weight is 261 g/mol. The molecular weight excluding hydrogens is 246 g/mol. The van der Waals surface area contributed by atoms with E-state index >= 15 is 0 Å². The van der Waals surface area contributed by atoms with Gasteiger partial charge < -0.3 is 14.8 Å². The molecule has 0 fully saturated rings. The van der Waals surface area contributed by atoms with Gasteiger partial charge in [0.25, 0.3) is 0 Å². The van der Waals surface area contributed by atoms with Crippen molar-refractivity contribution in [1.82, 2.24) is 5.32 Å². The molecule has 0 unspecified atom stereocenters. The van der Waals surface area contributed by atoms with E-state index in [4.69, 9.17) is 9.47 Å². The molecule has 0 spiro atoms. The molecule has 5 heteroatoms. The molecule has 0 radical (unpaired) electrons. The maximum Gasteiger partial charge on any atom is 0.209 e. The van der Waals surface area contributed by atoms with Gasteiger partial charge in [-0.15, -0.1) is 0 Å². The van der Waals surface area contributed by atoms with Crippen LogP contribution in [0.25, 0.3) is 0 Å². The van der Waals surface area contributed by atoms with Crippen molar-refractivity contribution in [2.24, 2.45) is 0 Å². The predicted octanol–water partition coefficient (Wildman–Crippen LogP) is 1.16. The summed E-state index contributed by atoms with van der Waals surface area (Å²) in [5.41, 5.74) is 1.12. The minimum Gasteiger partial charge on any atom is -0.377 e. The van der Waals surface area contributed by atoms with Gasteiger partial charge in [0, 0.05) is 31.4 Å². The van der Waals surface area contributed by atoms with Crippen molar-refractivity contribution in [3.63, 3.8) is 0 Å². The number of methoxy groups -OCH3 is 2. The van der Waals surface area contributed by atoms with Crippen LogP contribution in [0.2, 0.25) is 0 Å². The summed E-state index contributed by atoms with van der Waals surface area (Å²) in [5.74, 6) is -0.370. The van der Waals surface area contributed by atoms with Gasteiger partial charge in [0.15, 0.2) is 12.1 Å². The minimum absolute atomic E-state index is 0.177. The average Bonchev–Trinajstić information content (AvgIpc) is 2.45. The van der Waals surface area contributed by atoms with E-state index in [-0.39, 0.29) is 17.3 Å². The van der Waals surface area contributed by atoms with Gasteiger partial charge >= 0.3 is 0 Å². The number of fused-ring (bicyclic) bond motifs is 1. The van der Waals surface area contributed by atoms with Crippen molar-refractivity contribution in [2.75, 3.05) is 20.8 Å². The van der Waals surface area contributed by atoms with Crippen LogP contribution in [-0.4, -0.2) is 38.6 Å². The van der Waals surface area contributed by atoms with E-state index in [0.29, 0.717) is 17.7 Å². The van der Waals surface area contributed by atoms with Crippen molar-refractivity contribution < 1.29 is 19.1 Å². The van der Waals surface area contributed by atoms with Crippen LogP contribution in [0.1, 0.15) is 20.7 Å². The van der Waals surface area contributed by atoms with Gasteiger partial charge in [-0.05, 0) is 0 Å². The van der Waals surface area contributed by atoms with Gasteiger partial charge in [0.05, 0.1) is 12.2 Å². The van der Waals surface area contributed by atoms with E-state index in [0.717, 1.165) is 0 Å². The minimum atomic E-state index is -0.471. The van der Waals surface area contributed by atoms with Gasteiger partial charge in [-0.25, -0.2) is 0 Å². The number of rotatable bonds is 5. The first-order chi connectivity index (χ1) is 9.17. The van der Waals surface area contributed by atoms with Gasteiger partial charge in [0.2, 0.25) is 5.78 Å². The Morgan fingerprint density at radius 1 is 1.11 bits per heavy atom. The second kappa shape index (κ2) is 5.77. The molecule has 1 aromatic carbocycles. The smallest absolute Gasteiger partial charge is 0.209 e. The summed E-state index contributed by atoms with van der Waals surface area (Å²) < 4.78 is 10.0. The van der Waals surface area contributed by atoms with E-state index < -0.39 is 6.29 Å². The Hall–Kier alpha value is -1.98. The fraction of sp³-hybridized carbons (Fsp3) is 0.286. The lowest BCUT2D eigenvalue weighted by Gasteiger charge is -2.19. The lowest BCUT2D eigenvalue weighted by atomic mass is 9.93. The molecule has 5 nitrogen and oxygen atoms in total. The number of hydrogen-bond acceptors (Lipinski definition) is 5. The Morgan fingerprint density at radius 2 is 1.74 bits per heavy atom. The second-order valence-corrected chi connectivity index (χ2v) is 4.08. The molecule has 1 aliphatic rings. The Morgan fingerprint density at radius 3 is 2.37 bits per heavy atom. The fourth-order valence-corrected chi connectivity index (χ4v) is 1.90. The summed E-state index contributed by atoms with van der Waals surface area (Å²) in [5, 5.41) is 2.89. The summed E-state index contributed by atoms with van der Waals surface area (Å²) in [6.45, 7) is 0.292. The van der Waals surface area contributed by atoms with Crippen LogP contribution >= 0.6 is 0 Å². The standard InChI is InChI=1S/C14H15NO4/c1-18-13(19-2)8-15-11-7-12(16)9-5-3-4-6-10(9)14(11)17/h3-7,13,15H,8H2,1-2H3. The maximum absolute atomic E-state index is 12.2. The number of carbonyl (C=O) groups is 2. The summed E-state index contributed by atoms with van der Waals surface area (Å²) >= 11 is 0. The quantitative estimate of drug-likeness (QED) is 0.806. The van der Waals surface area contributed by atoms with Crippen LogP contribution in [0.5, 0.6) is 0 Å².